The third-order valence-electron chi connectivity index (χ3n) is 0.945. The molecule has 0 aliphatic rings. The maximum Gasteiger partial charge on any atom is 0.466 e. The van der Waals surface area contributed by atoms with E-state index in [0.717, 1.165) is 17.1 Å². The lowest BCUT2D eigenvalue weighted by molar-refractivity contribution is -0.870. The van der Waals surface area contributed by atoms with Crippen LogP contribution in [0.4, 0.5) is 0 Å². The number of aliphatic carboxylic acids is 1. The summed E-state index contributed by atoms with van der Waals surface area (Å²) in [6, 6.07) is 0. The maximum atomic E-state index is 9.25. The zero-order valence-corrected chi connectivity index (χ0v) is 11.0. The molecule has 0 aromatic heterocycles. The summed E-state index contributed by atoms with van der Waals surface area (Å²) in [5, 5.41) is 16.0. The molecule has 0 aliphatic carbocycles. The van der Waals surface area contributed by atoms with Crippen LogP contribution in [-0.2, 0) is 9.36 Å². The molecule has 17 heavy (non-hydrogen) atoms. The van der Waals surface area contributed by atoms with Crippen molar-refractivity contribution in [2.45, 2.75) is 0 Å². The van der Waals surface area contributed by atoms with Crippen LogP contribution in [0, 0.1) is 0 Å². The predicted octanol–water partition coefficient (Wildman–Crippen LogP) is -0.987. The third kappa shape index (κ3) is 97.3. The van der Waals surface area contributed by atoms with Crippen LogP contribution in [0.5, 0.6) is 0 Å². The van der Waals surface area contributed by atoms with Crippen LogP contribution < -0.4 is 0 Å². The van der Waals surface area contributed by atoms with Gasteiger partial charge in [0, 0.05) is 6.08 Å². The zero-order valence-electron chi connectivity index (χ0n) is 10.1. The van der Waals surface area contributed by atoms with Crippen molar-refractivity contribution in [3.05, 3.63) is 12.7 Å². The second-order valence-corrected chi connectivity index (χ2v) is 4.82. The minimum atomic E-state index is -4.64. The highest BCUT2D eigenvalue weighted by Crippen LogP contribution is 2.25. The van der Waals surface area contributed by atoms with E-state index in [4.69, 9.17) is 29.5 Å². The van der Waals surface area contributed by atoms with E-state index in [0.29, 0.717) is 0 Å². The topological polar surface area (TPSA) is 135 Å². The Balaban J connectivity index is -0.000000177. The van der Waals surface area contributed by atoms with Crippen LogP contribution in [0.25, 0.3) is 0 Å². The minimum absolute atomic E-state index is 0.281. The number of carboxylic acid groups (broad SMARTS) is 1. The molecule has 0 aliphatic heterocycles. The Morgan fingerprint density at radius 2 is 1.53 bits per heavy atom. The third-order valence-corrected chi connectivity index (χ3v) is 0.945. The first kappa shape index (κ1) is 21.5. The Morgan fingerprint density at radius 3 is 1.53 bits per heavy atom. The van der Waals surface area contributed by atoms with E-state index in [1.807, 2.05) is 0 Å². The summed E-state index contributed by atoms with van der Waals surface area (Å²) >= 11 is 0. The van der Waals surface area contributed by atoms with Gasteiger partial charge in [-0.25, -0.2) is 9.36 Å². The van der Waals surface area contributed by atoms with Crippen molar-refractivity contribution in [3.8, 4) is 0 Å². The molecule has 0 saturated carbocycles. The Labute approximate surface area is 100 Å². The molecule has 0 bridgehead atoms. The minimum Gasteiger partial charge on any atom is -0.478 e. The van der Waals surface area contributed by atoms with Gasteiger partial charge in [-0.1, -0.05) is 6.58 Å². The number of aliphatic hydroxyl groups is 1. The molecule has 5 N–H and O–H groups in total. The van der Waals surface area contributed by atoms with Crippen LogP contribution >= 0.6 is 7.82 Å². The van der Waals surface area contributed by atoms with E-state index in [2.05, 4.69) is 27.7 Å². The van der Waals surface area contributed by atoms with E-state index < -0.39 is 13.8 Å². The van der Waals surface area contributed by atoms with Crippen molar-refractivity contribution < 1.29 is 38.7 Å². The van der Waals surface area contributed by atoms with Crippen molar-refractivity contribution in [3.63, 3.8) is 0 Å². The predicted molar refractivity (Wildman–Crippen MR) is 62.1 cm³/mol. The molecule has 0 spiro atoms. The molecule has 0 aromatic rings. The van der Waals surface area contributed by atoms with Gasteiger partial charge in [0.15, 0.2) is 0 Å². The standard InChI is InChI=1S/C5H14NO.C3H4O2.H3O4P/c1-6(2,3)4-5-7;1-2-3(4)5;1-5(2,3)4/h7H,4-5H2,1-3H3;2H,1H2,(H,4,5);(H3,1,2,3,4)/q+1;;. The molecule has 0 rings (SSSR count). The maximum absolute atomic E-state index is 9.25. The second-order valence-electron chi connectivity index (χ2n) is 3.79. The van der Waals surface area contributed by atoms with E-state index in [-0.39, 0.29) is 6.61 Å². The van der Waals surface area contributed by atoms with Crippen molar-refractivity contribution in [1.82, 2.24) is 0 Å². The van der Waals surface area contributed by atoms with Gasteiger partial charge >= 0.3 is 13.8 Å². The molecule has 0 amide bonds. The normalized spacial score (nSPS) is 10.3. The number of carbonyl (C=O) groups is 1. The van der Waals surface area contributed by atoms with Crippen LogP contribution in [0.2, 0.25) is 0 Å². The van der Waals surface area contributed by atoms with Gasteiger partial charge in [0.25, 0.3) is 0 Å². The largest absolute Gasteiger partial charge is 0.478 e. The lowest BCUT2D eigenvalue weighted by Crippen LogP contribution is -2.36. The van der Waals surface area contributed by atoms with E-state index in [1.54, 1.807) is 0 Å². The fraction of sp³-hybridized carbons (Fsp3) is 0.625. The SMILES string of the molecule is C=CC(=O)O.C[N+](C)(C)CCO.O=P(O)(O)O. The first-order chi connectivity index (χ1) is 7.33. The Morgan fingerprint density at radius 1 is 1.29 bits per heavy atom. The molecule has 104 valence electrons. The molecule has 0 unspecified atom stereocenters. The Hall–Kier alpha value is -0.760. The summed E-state index contributed by atoms with van der Waals surface area (Å²) < 4.78 is 9.73. The number of aliphatic hydroxyl groups excluding tert-OH is 1. The Bertz CT molecular complexity index is 247. The van der Waals surface area contributed by atoms with Crippen LogP contribution in [-0.4, -0.2) is 69.6 Å². The highest BCUT2D eigenvalue weighted by Gasteiger charge is 2.02. The summed E-state index contributed by atoms with van der Waals surface area (Å²) in [5.74, 6) is -0.981. The molecule has 0 saturated heterocycles. The van der Waals surface area contributed by atoms with Crippen molar-refractivity contribution in [2.75, 3.05) is 34.3 Å². The number of nitrogens with zero attached hydrogens (tertiary/aromatic N) is 1. The number of carboxylic acids is 1. The van der Waals surface area contributed by atoms with Crippen molar-refractivity contribution in [2.24, 2.45) is 0 Å². The molecule has 9 heteroatoms. The van der Waals surface area contributed by atoms with E-state index in [1.165, 1.54) is 0 Å². The van der Waals surface area contributed by atoms with Gasteiger partial charge in [-0.2, -0.15) is 0 Å². The summed E-state index contributed by atoms with van der Waals surface area (Å²) in [5.41, 5.74) is 0. The zero-order chi connectivity index (χ0) is 14.7. The smallest absolute Gasteiger partial charge is 0.466 e. The van der Waals surface area contributed by atoms with Gasteiger partial charge in [-0.15, -0.1) is 0 Å². The Kier molecular flexibility index (Phi) is 13.2. The average Bonchev–Trinajstić information content (AvgIpc) is 1.99. The van der Waals surface area contributed by atoms with Crippen molar-refractivity contribution in [1.29, 1.82) is 0 Å². The number of rotatable bonds is 3. The van der Waals surface area contributed by atoms with Crippen LogP contribution in [0.3, 0.4) is 0 Å². The van der Waals surface area contributed by atoms with Gasteiger partial charge in [-0.05, 0) is 0 Å². The quantitative estimate of drug-likeness (QED) is 0.253. The number of hydrogen-bond donors (Lipinski definition) is 5. The van der Waals surface area contributed by atoms with Gasteiger partial charge in [0.05, 0.1) is 27.7 Å². The molecule has 0 aromatic carbocycles. The fourth-order valence-corrected chi connectivity index (χ4v) is 0.300. The number of likely N-dealkylation sites (N-methyl/N-ethyl adjacent to an activating group) is 1. The van der Waals surface area contributed by atoms with Gasteiger partial charge in [-0.3, -0.25) is 0 Å². The highest BCUT2D eigenvalue weighted by atomic mass is 31.2. The molecular formula is C8H21NO7P+. The van der Waals surface area contributed by atoms with E-state index >= 15 is 0 Å². The van der Waals surface area contributed by atoms with Crippen molar-refractivity contribution >= 4 is 13.8 Å². The summed E-state index contributed by atoms with van der Waals surface area (Å²) in [6.07, 6.45) is 0.833. The monoisotopic (exact) mass is 274 g/mol. The summed E-state index contributed by atoms with van der Waals surface area (Å²) in [4.78, 5) is 30.8. The molecule has 8 nitrogen and oxygen atoms in total. The summed E-state index contributed by atoms with van der Waals surface area (Å²) in [7, 11) is 1.52. The molecule has 0 radical (unpaired) electrons. The fourth-order valence-electron chi connectivity index (χ4n) is 0.300. The van der Waals surface area contributed by atoms with Gasteiger partial charge in [0.2, 0.25) is 0 Å². The molecule has 0 atom stereocenters. The van der Waals surface area contributed by atoms with Gasteiger partial charge in [0.1, 0.15) is 6.54 Å². The number of hydrogen-bond acceptors (Lipinski definition) is 3. The number of phosphoric acid groups is 1. The van der Waals surface area contributed by atoms with Crippen LogP contribution in [0.1, 0.15) is 0 Å². The second kappa shape index (κ2) is 10.4. The van der Waals surface area contributed by atoms with Crippen LogP contribution in [0.15, 0.2) is 12.7 Å². The highest BCUT2D eigenvalue weighted by molar-refractivity contribution is 7.45. The lowest BCUT2D eigenvalue weighted by atomic mass is 10.5. The van der Waals surface area contributed by atoms with E-state index in [9.17, 15) is 4.79 Å². The first-order valence-corrected chi connectivity index (χ1v) is 5.95. The number of quaternary nitrogens is 1. The first-order valence-electron chi connectivity index (χ1n) is 4.38. The molecule has 0 fully saturated rings. The lowest BCUT2D eigenvalue weighted by Gasteiger charge is -2.21. The molecule has 0 heterocycles. The van der Waals surface area contributed by atoms with Gasteiger partial charge < -0.3 is 29.4 Å². The molecular weight excluding hydrogens is 253 g/mol. The summed E-state index contributed by atoms with van der Waals surface area (Å²) in [6.45, 7) is 4.08. The average molecular weight is 274 g/mol.